The van der Waals surface area contributed by atoms with Crippen LogP contribution in [0.2, 0.25) is 0 Å². The largest absolute Gasteiger partial charge is 0.466 e. The fraction of sp³-hybridized carbons (Fsp3) is 0.385. The number of hydrogen-bond acceptors (Lipinski definition) is 3. The van der Waals surface area contributed by atoms with Crippen LogP contribution in [-0.4, -0.2) is 12.6 Å². The number of nitriles is 1. The van der Waals surface area contributed by atoms with Gasteiger partial charge in [0.05, 0.1) is 30.2 Å². The Morgan fingerprint density at radius 1 is 1.45 bits per heavy atom. The molecule has 0 radical (unpaired) electrons. The molecular formula is C13H11BrF3NO2. The molecule has 1 aromatic rings. The average molecular weight is 350 g/mol. The van der Waals surface area contributed by atoms with Gasteiger partial charge in [-0.3, -0.25) is 4.79 Å². The van der Waals surface area contributed by atoms with Crippen LogP contribution in [0, 0.1) is 11.3 Å². The summed E-state index contributed by atoms with van der Waals surface area (Å²) in [5.74, 6) is -0.756. The molecule has 0 amide bonds. The lowest BCUT2D eigenvalue weighted by Gasteiger charge is -2.15. The van der Waals surface area contributed by atoms with Gasteiger partial charge in [-0.15, -0.1) is 0 Å². The number of esters is 1. The standard InChI is InChI=1S/C13H11BrF3NO2/c1-2-20-11(19)5-9-3-8(6-14)4-10(7-18)12(9)13(15,16)17/h3-4H,2,5-6H2,1H3. The summed E-state index contributed by atoms with van der Waals surface area (Å²) in [5, 5.41) is 9.17. The number of rotatable bonds is 4. The highest BCUT2D eigenvalue weighted by molar-refractivity contribution is 9.08. The first kappa shape index (κ1) is 16.5. The fourth-order valence-electron chi connectivity index (χ4n) is 1.78. The molecule has 0 saturated heterocycles. The summed E-state index contributed by atoms with van der Waals surface area (Å²) >= 11 is 3.12. The molecule has 0 aliphatic rings. The Hall–Kier alpha value is -1.55. The van der Waals surface area contributed by atoms with Crippen LogP contribution in [0.3, 0.4) is 0 Å². The number of halogens is 4. The SMILES string of the molecule is CCOC(=O)Cc1cc(CBr)cc(C#N)c1C(F)(F)F. The second-order valence-corrected chi connectivity index (χ2v) is 4.46. The van der Waals surface area contributed by atoms with E-state index in [4.69, 9.17) is 5.26 Å². The molecular weight excluding hydrogens is 339 g/mol. The van der Waals surface area contributed by atoms with Crippen LogP contribution >= 0.6 is 15.9 Å². The van der Waals surface area contributed by atoms with Gasteiger partial charge in [-0.25, -0.2) is 0 Å². The van der Waals surface area contributed by atoms with Crippen molar-refractivity contribution in [3.05, 3.63) is 34.4 Å². The third kappa shape index (κ3) is 3.97. The molecule has 7 heteroatoms. The van der Waals surface area contributed by atoms with Gasteiger partial charge in [0.1, 0.15) is 0 Å². The van der Waals surface area contributed by atoms with Gasteiger partial charge < -0.3 is 4.74 Å². The van der Waals surface area contributed by atoms with E-state index < -0.39 is 29.7 Å². The van der Waals surface area contributed by atoms with Gasteiger partial charge in [0.15, 0.2) is 0 Å². The normalized spacial score (nSPS) is 11.0. The van der Waals surface area contributed by atoms with Crippen molar-refractivity contribution in [2.75, 3.05) is 6.61 Å². The van der Waals surface area contributed by atoms with E-state index in [0.717, 1.165) is 6.07 Å². The first-order valence-electron chi connectivity index (χ1n) is 5.68. The Bertz CT molecular complexity index is 550. The smallest absolute Gasteiger partial charge is 0.417 e. The Morgan fingerprint density at radius 2 is 2.10 bits per heavy atom. The van der Waals surface area contributed by atoms with Crippen LogP contribution in [0.5, 0.6) is 0 Å². The number of carbonyl (C=O) groups is 1. The molecule has 20 heavy (non-hydrogen) atoms. The highest BCUT2D eigenvalue weighted by Crippen LogP contribution is 2.36. The van der Waals surface area contributed by atoms with Crippen LogP contribution < -0.4 is 0 Å². The molecule has 1 aromatic carbocycles. The maximum absolute atomic E-state index is 13.1. The van der Waals surface area contributed by atoms with E-state index in [1.54, 1.807) is 6.92 Å². The molecule has 0 unspecified atom stereocenters. The molecule has 0 saturated carbocycles. The van der Waals surface area contributed by atoms with Crippen molar-refractivity contribution < 1.29 is 22.7 Å². The molecule has 0 heterocycles. The van der Waals surface area contributed by atoms with Gasteiger partial charge in [0, 0.05) is 5.33 Å². The lowest BCUT2D eigenvalue weighted by molar-refractivity contribution is -0.143. The van der Waals surface area contributed by atoms with Gasteiger partial charge >= 0.3 is 12.1 Å². The third-order valence-corrected chi connectivity index (χ3v) is 3.13. The predicted octanol–water partition coefficient (Wildman–Crippen LogP) is 3.58. The van der Waals surface area contributed by atoms with Crippen molar-refractivity contribution in [3.8, 4) is 6.07 Å². The van der Waals surface area contributed by atoms with Gasteiger partial charge in [0.25, 0.3) is 0 Å². The number of alkyl halides is 4. The van der Waals surface area contributed by atoms with Crippen LogP contribution in [0.25, 0.3) is 0 Å². The third-order valence-electron chi connectivity index (χ3n) is 2.48. The Morgan fingerprint density at radius 3 is 2.55 bits per heavy atom. The number of ether oxygens (including phenoxy) is 1. The van der Waals surface area contributed by atoms with E-state index in [2.05, 4.69) is 20.7 Å². The molecule has 0 fully saturated rings. The maximum Gasteiger partial charge on any atom is 0.417 e. The van der Waals surface area contributed by atoms with Crippen LogP contribution in [0.1, 0.15) is 29.2 Å². The van der Waals surface area contributed by atoms with Crippen LogP contribution in [-0.2, 0) is 27.5 Å². The summed E-state index contributed by atoms with van der Waals surface area (Å²) in [6.45, 7) is 1.65. The molecule has 1 rings (SSSR count). The highest BCUT2D eigenvalue weighted by atomic mass is 79.9. The van der Waals surface area contributed by atoms with E-state index >= 15 is 0 Å². The van der Waals surface area contributed by atoms with Crippen molar-refractivity contribution in [3.63, 3.8) is 0 Å². The summed E-state index contributed by atoms with van der Waals surface area (Å²) < 4.78 is 43.8. The lowest BCUT2D eigenvalue weighted by atomic mass is 9.96. The average Bonchev–Trinajstić information content (AvgIpc) is 2.36. The van der Waals surface area contributed by atoms with E-state index in [9.17, 15) is 18.0 Å². The monoisotopic (exact) mass is 349 g/mol. The zero-order valence-electron chi connectivity index (χ0n) is 10.6. The summed E-state index contributed by atoms with van der Waals surface area (Å²) in [7, 11) is 0. The topological polar surface area (TPSA) is 50.1 Å². The molecule has 0 aliphatic carbocycles. The summed E-state index contributed by atoms with van der Waals surface area (Å²) in [6.07, 6.45) is -5.21. The summed E-state index contributed by atoms with van der Waals surface area (Å²) in [5.41, 5.74) is -1.31. The summed E-state index contributed by atoms with van der Waals surface area (Å²) in [6, 6.07) is 3.95. The Labute approximate surface area is 122 Å². The van der Waals surface area contributed by atoms with Gasteiger partial charge in [0.2, 0.25) is 0 Å². The van der Waals surface area contributed by atoms with Gasteiger partial charge in [-0.1, -0.05) is 22.0 Å². The number of nitrogens with zero attached hydrogens (tertiary/aromatic N) is 1. The van der Waals surface area contributed by atoms with E-state index in [0.29, 0.717) is 5.56 Å². The molecule has 0 aromatic heterocycles. The molecule has 3 nitrogen and oxygen atoms in total. The quantitative estimate of drug-likeness (QED) is 0.616. The minimum absolute atomic E-state index is 0.0867. The van der Waals surface area contributed by atoms with Crippen molar-refractivity contribution >= 4 is 21.9 Å². The molecule has 0 bridgehead atoms. The molecule has 0 N–H and O–H groups in total. The predicted molar refractivity (Wildman–Crippen MR) is 69.1 cm³/mol. The highest BCUT2D eigenvalue weighted by Gasteiger charge is 2.37. The molecule has 108 valence electrons. The summed E-state index contributed by atoms with van der Waals surface area (Å²) in [4.78, 5) is 11.4. The molecule has 0 spiro atoms. The van der Waals surface area contributed by atoms with E-state index in [1.165, 1.54) is 12.1 Å². The number of hydrogen-bond donors (Lipinski definition) is 0. The number of benzene rings is 1. The Kier molecular flexibility index (Phi) is 5.57. The van der Waals surface area contributed by atoms with Crippen molar-refractivity contribution in [1.82, 2.24) is 0 Å². The van der Waals surface area contributed by atoms with Crippen LogP contribution in [0.4, 0.5) is 13.2 Å². The van der Waals surface area contributed by atoms with Crippen molar-refractivity contribution in [2.24, 2.45) is 0 Å². The minimum Gasteiger partial charge on any atom is -0.466 e. The first-order valence-corrected chi connectivity index (χ1v) is 6.80. The second-order valence-electron chi connectivity index (χ2n) is 3.90. The van der Waals surface area contributed by atoms with Gasteiger partial charge in [-0.2, -0.15) is 18.4 Å². The van der Waals surface area contributed by atoms with E-state index in [1.807, 2.05) is 0 Å². The van der Waals surface area contributed by atoms with E-state index in [-0.39, 0.29) is 17.5 Å². The van der Waals surface area contributed by atoms with Crippen molar-refractivity contribution in [2.45, 2.75) is 24.9 Å². The molecule has 0 aliphatic heterocycles. The Balaban J connectivity index is 3.38. The van der Waals surface area contributed by atoms with Gasteiger partial charge in [-0.05, 0) is 24.1 Å². The lowest BCUT2D eigenvalue weighted by Crippen LogP contribution is -2.16. The zero-order valence-corrected chi connectivity index (χ0v) is 12.1. The minimum atomic E-state index is -4.70. The second kappa shape index (κ2) is 6.75. The fourth-order valence-corrected chi connectivity index (χ4v) is 2.10. The maximum atomic E-state index is 13.1. The number of carbonyl (C=O) groups excluding carboxylic acids is 1. The zero-order chi connectivity index (χ0) is 15.3. The van der Waals surface area contributed by atoms with Crippen molar-refractivity contribution in [1.29, 1.82) is 5.26 Å². The van der Waals surface area contributed by atoms with Crippen LogP contribution in [0.15, 0.2) is 12.1 Å². The first-order chi connectivity index (χ1) is 9.33. The molecule has 0 atom stereocenters.